The van der Waals surface area contributed by atoms with Gasteiger partial charge in [-0.25, -0.2) is 0 Å². The molecule has 1 fully saturated rings. The Morgan fingerprint density at radius 2 is 1.96 bits per heavy atom. The van der Waals surface area contributed by atoms with E-state index >= 15 is 0 Å². The van der Waals surface area contributed by atoms with Crippen LogP contribution >= 0.6 is 12.6 Å². The number of rotatable bonds is 5. The Bertz CT molecular complexity index is 676. The minimum absolute atomic E-state index is 0.215. The van der Waals surface area contributed by atoms with Gasteiger partial charge in [0.25, 0.3) is 0 Å². The Morgan fingerprint density at radius 3 is 2.78 bits per heavy atom. The molecule has 0 radical (unpaired) electrons. The standard InChI is InChI=1S/C20H25NOS/c22-20(21-17-9-2-1-3-10-17)11-5-8-15-6-4-7-16-12-13-18(23)14-19(15)16/h4,6-7,12-14,17,23H,1-3,5,8-11H2,(H,21,22). The number of thiol groups is 1. The highest BCUT2D eigenvalue weighted by molar-refractivity contribution is 7.80. The first-order valence-electron chi connectivity index (χ1n) is 8.72. The van der Waals surface area contributed by atoms with E-state index in [9.17, 15) is 4.79 Å². The van der Waals surface area contributed by atoms with Gasteiger partial charge >= 0.3 is 0 Å². The van der Waals surface area contributed by atoms with Crippen LogP contribution < -0.4 is 5.32 Å². The van der Waals surface area contributed by atoms with Crippen LogP contribution in [0.1, 0.15) is 50.5 Å². The lowest BCUT2D eigenvalue weighted by Crippen LogP contribution is -2.36. The summed E-state index contributed by atoms with van der Waals surface area (Å²) < 4.78 is 0. The number of nitrogens with one attached hydrogen (secondary N) is 1. The van der Waals surface area contributed by atoms with Crippen LogP contribution in [0.2, 0.25) is 0 Å². The number of benzene rings is 2. The van der Waals surface area contributed by atoms with Gasteiger partial charge in [0.1, 0.15) is 0 Å². The van der Waals surface area contributed by atoms with Crippen LogP contribution in [0.4, 0.5) is 0 Å². The highest BCUT2D eigenvalue weighted by Crippen LogP contribution is 2.23. The zero-order valence-corrected chi connectivity index (χ0v) is 14.4. The molecule has 3 heteroatoms. The second kappa shape index (κ2) is 7.87. The Balaban J connectivity index is 1.54. The third kappa shape index (κ3) is 4.51. The van der Waals surface area contributed by atoms with Gasteiger partial charge in [-0.2, -0.15) is 0 Å². The molecule has 1 amide bonds. The summed E-state index contributed by atoms with van der Waals surface area (Å²) in [5, 5.41) is 5.70. The highest BCUT2D eigenvalue weighted by Gasteiger charge is 2.15. The molecule has 2 aromatic rings. The lowest BCUT2D eigenvalue weighted by molar-refractivity contribution is -0.122. The number of carbonyl (C=O) groups is 1. The van der Waals surface area contributed by atoms with Crippen LogP contribution in [0.25, 0.3) is 10.8 Å². The van der Waals surface area contributed by atoms with Gasteiger partial charge < -0.3 is 5.32 Å². The molecule has 0 aliphatic heterocycles. The van der Waals surface area contributed by atoms with Crippen molar-refractivity contribution in [2.75, 3.05) is 0 Å². The van der Waals surface area contributed by atoms with Crippen molar-refractivity contribution in [2.45, 2.75) is 62.3 Å². The molecule has 23 heavy (non-hydrogen) atoms. The van der Waals surface area contributed by atoms with Gasteiger partial charge in [0.15, 0.2) is 0 Å². The van der Waals surface area contributed by atoms with Gasteiger partial charge in [0, 0.05) is 17.4 Å². The fourth-order valence-electron chi connectivity index (χ4n) is 3.53. The predicted molar refractivity (Wildman–Crippen MR) is 99.2 cm³/mol. The summed E-state index contributed by atoms with van der Waals surface area (Å²) in [5.41, 5.74) is 1.31. The van der Waals surface area contributed by atoms with Crippen LogP contribution in [0.5, 0.6) is 0 Å². The highest BCUT2D eigenvalue weighted by atomic mass is 32.1. The molecule has 1 saturated carbocycles. The van der Waals surface area contributed by atoms with E-state index in [2.05, 4.69) is 48.3 Å². The van der Waals surface area contributed by atoms with Crippen molar-refractivity contribution in [1.29, 1.82) is 0 Å². The Hall–Kier alpha value is -1.48. The predicted octanol–water partition coefficient (Wildman–Crippen LogP) is 4.90. The van der Waals surface area contributed by atoms with Crippen LogP contribution in [-0.2, 0) is 11.2 Å². The minimum atomic E-state index is 0.215. The number of amides is 1. The van der Waals surface area contributed by atoms with E-state index in [1.54, 1.807) is 0 Å². The quantitative estimate of drug-likeness (QED) is 0.751. The van der Waals surface area contributed by atoms with Gasteiger partial charge in [-0.1, -0.05) is 43.5 Å². The monoisotopic (exact) mass is 327 g/mol. The van der Waals surface area contributed by atoms with E-state index in [1.165, 1.54) is 35.6 Å². The van der Waals surface area contributed by atoms with Gasteiger partial charge in [-0.3, -0.25) is 4.79 Å². The molecule has 0 saturated heterocycles. The van der Waals surface area contributed by atoms with E-state index in [0.717, 1.165) is 30.6 Å². The average Bonchev–Trinajstić information content (AvgIpc) is 2.56. The molecule has 1 N–H and O–H groups in total. The first-order chi connectivity index (χ1) is 11.2. The van der Waals surface area contributed by atoms with Crippen molar-refractivity contribution in [3.8, 4) is 0 Å². The fraction of sp³-hybridized carbons (Fsp3) is 0.450. The van der Waals surface area contributed by atoms with E-state index in [1.807, 2.05) is 6.07 Å². The van der Waals surface area contributed by atoms with Crippen molar-refractivity contribution in [2.24, 2.45) is 0 Å². The summed E-state index contributed by atoms with van der Waals surface area (Å²) in [6.07, 6.45) is 8.59. The fourth-order valence-corrected chi connectivity index (χ4v) is 3.73. The summed E-state index contributed by atoms with van der Waals surface area (Å²) in [5.74, 6) is 0.215. The average molecular weight is 327 g/mol. The molecule has 1 aliphatic rings. The van der Waals surface area contributed by atoms with Crippen molar-refractivity contribution in [3.05, 3.63) is 42.0 Å². The van der Waals surface area contributed by atoms with Crippen molar-refractivity contribution < 1.29 is 4.79 Å². The number of hydrogen-bond acceptors (Lipinski definition) is 2. The second-order valence-corrected chi connectivity index (χ2v) is 7.09. The molecule has 0 bridgehead atoms. The number of aryl methyl sites for hydroxylation is 1. The van der Waals surface area contributed by atoms with Crippen molar-refractivity contribution >= 4 is 29.3 Å². The smallest absolute Gasteiger partial charge is 0.220 e. The van der Waals surface area contributed by atoms with E-state index in [0.29, 0.717) is 12.5 Å². The summed E-state index contributed by atoms with van der Waals surface area (Å²) in [4.78, 5) is 13.1. The molecule has 122 valence electrons. The molecule has 2 nitrogen and oxygen atoms in total. The maximum atomic E-state index is 12.1. The maximum absolute atomic E-state index is 12.1. The van der Waals surface area contributed by atoms with Crippen molar-refractivity contribution in [3.63, 3.8) is 0 Å². The van der Waals surface area contributed by atoms with Crippen LogP contribution in [-0.4, -0.2) is 11.9 Å². The molecule has 0 atom stereocenters. The number of hydrogen-bond donors (Lipinski definition) is 2. The number of fused-ring (bicyclic) bond motifs is 1. The summed E-state index contributed by atoms with van der Waals surface area (Å²) >= 11 is 4.44. The third-order valence-corrected chi connectivity index (χ3v) is 5.05. The van der Waals surface area contributed by atoms with E-state index in [4.69, 9.17) is 0 Å². The first kappa shape index (κ1) is 16.4. The van der Waals surface area contributed by atoms with Crippen LogP contribution in [0.15, 0.2) is 41.3 Å². The maximum Gasteiger partial charge on any atom is 0.220 e. The molecule has 3 rings (SSSR count). The molecular weight excluding hydrogens is 302 g/mol. The molecule has 2 aromatic carbocycles. The van der Waals surface area contributed by atoms with Crippen LogP contribution in [0, 0.1) is 0 Å². The second-order valence-electron chi connectivity index (χ2n) is 6.58. The van der Waals surface area contributed by atoms with Gasteiger partial charge in [-0.15, -0.1) is 12.6 Å². The van der Waals surface area contributed by atoms with Gasteiger partial charge in [0.2, 0.25) is 5.91 Å². The Kier molecular flexibility index (Phi) is 5.60. The van der Waals surface area contributed by atoms with Gasteiger partial charge in [-0.05, 0) is 54.2 Å². The summed E-state index contributed by atoms with van der Waals surface area (Å²) in [6.45, 7) is 0. The summed E-state index contributed by atoms with van der Waals surface area (Å²) in [6, 6.07) is 13.1. The lowest BCUT2D eigenvalue weighted by Gasteiger charge is -2.22. The number of carbonyl (C=O) groups excluding carboxylic acids is 1. The third-order valence-electron chi connectivity index (χ3n) is 4.78. The van der Waals surface area contributed by atoms with Gasteiger partial charge in [0.05, 0.1) is 0 Å². The van der Waals surface area contributed by atoms with Crippen LogP contribution in [0.3, 0.4) is 0 Å². The normalized spacial score (nSPS) is 15.7. The van der Waals surface area contributed by atoms with Crippen molar-refractivity contribution in [1.82, 2.24) is 5.32 Å². The molecular formula is C20H25NOS. The Labute approximate surface area is 144 Å². The zero-order valence-electron chi connectivity index (χ0n) is 13.6. The largest absolute Gasteiger partial charge is 0.353 e. The molecule has 1 aliphatic carbocycles. The molecule has 0 unspecified atom stereocenters. The zero-order chi connectivity index (χ0) is 16.1. The SMILES string of the molecule is O=C(CCCc1cccc2ccc(S)cc12)NC1CCCCC1. The molecule has 0 aromatic heterocycles. The minimum Gasteiger partial charge on any atom is -0.353 e. The summed E-state index contributed by atoms with van der Waals surface area (Å²) in [7, 11) is 0. The van der Waals surface area contributed by atoms with E-state index < -0.39 is 0 Å². The van der Waals surface area contributed by atoms with E-state index in [-0.39, 0.29) is 5.91 Å². The molecule has 0 heterocycles. The first-order valence-corrected chi connectivity index (χ1v) is 9.17. The topological polar surface area (TPSA) is 29.1 Å². The lowest BCUT2D eigenvalue weighted by atomic mass is 9.95. The Morgan fingerprint density at radius 1 is 1.13 bits per heavy atom. The molecule has 0 spiro atoms.